The van der Waals surface area contributed by atoms with Gasteiger partial charge in [0.2, 0.25) is 0 Å². The Bertz CT molecular complexity index is 1060. The van der Waals surface area contributed by atoms with Gasteiger partial charge in [0.25, 0.3) is 15.9 Å². The summed E-state index contributed by atoms with van der Waals surface area (Å²) in [5.41, 5.74) is 0.998. The van der Waals surface area contributed by atoms with E-state index in [0.717, 1.165) is 0 Å². The summed E-state index contributed by atoms with van der Waals surface area (Å²) in [5, 5.41) is 5.70. The Hall–Kier alpha value is -1.56. The van der Waals surface area contributed by atoms with E-state index in [4.69, 9.17) is 33.3 Å². The number of methoxy groups -OCH3 is 2. The van der Waals surface area contributed by atoms with Gasteiger partial charge in [-0.1, -0.05) is 17.7 Å². The van der Waals surface area contributed by atoms with Crippen LogP contribution in [0.1, 0.15) is 17.3 Å². The number of sulfonamides is 1. The molecule has 2 aromatic rings. The van der Waals surface area contributed by atoms with Gasteiger partial charge < -0.3 is 21.5 Å². The molecule has 0 aliphatic rings. The molecule has 0 saturated carbocycles. The minimum Gasteiger partial charge on any atom is -1.00 e. The molecule has 0 bridgehead atoms. The first-order valence-corrected chi connectivity index (χ1v) is 11.0. The summed E-state index contributed by atoms with van der Waals surface area (Å²) in [6.07, 6.45) is 0.387. The average molecular weight is 496 g/mol. The quantitative estimate of drug-likeness (QED) is 0.326. The van der Waals surface area contributed by atoms with Gasteiger partial charge in [-0.25, -0.2) is 8.42 Å². The zero-order valence-electron chi connectivity index (χ0n) is 18.6. The molecule has 12 heteroatoms. The summed E-state index contributed by atoms with van der Waals surface area (Å²) in [5.74, 6) is 0.232. The monoisotopic (exact) mass is 495 g/mol. The Morgan fingerprint density at radius 3 is 2.39 bits per heavy atom. The third-order valence-electron chi connectivity index (χ3n) is 4.08. The molecule has 31 heavy (non-hydrogen) atoms. The van der Waals surface area contributed by atoms with E-state index >= 15 is 0 Å². The van der Waals surface area contributed by atoms with Crippen LogP contribution in [-0.4, -0.2) is 47.2 Å². The van der Waals surface area contributed by atoms with Crippen molar-refractivity contribution in [1.29, 1.82) is 0 Å². The summed E-state index contributed by atoms with van der Waals surface area (Å²) >= 11 is 10.8. The molecule has 164 valence electrons. The van der Waals surface area contributed by atoms with Gasteiger partial charge in [0, 0.05) is 18.6 Å². The Balaban J connectivity index is 0.00000480. The number of benzene rings is 2. The SMILES string of the molecule is CNC(=S)NS(=O)(=O)c1cc(CCNC(=O)c2cc(Cl)ccc2OC)ccc1OC.[H-].[Na+]. The van der Waals surface area contributed by atoms with Gasteiger partial charge in [-0.2, -0.15) is 0 Å². The van der Waals surface area contributed by atoms with Crippen molar-refractivity contribution >= 4 is 44.9 Å². The van der Waals surface area contributed by atoms with E-state index in [-0.39, 0.29) is 59.2 Å². The van der Waals surface area contributed by atoms with Crippen LogP contribution in [-0.2, 0) is 16.4 Å². The summed E-state index contributed by atoms with van der Waals surface area (Å²) in [6.45, 7) is 0.267. The molecule has 0 unspecified atom stereocenters. The molecule has 0 radical (unpaired) electrons. The van der Waals surface area contributed by atoms with Gasteiger partial charge in [-0.15, -0.1) is 0 Å². The van der Waals surface area contributed by atoms with Crippen molar-refractivity contribution in [3.05, 3.63) is 52.5 Å². The minimum atomic E-state index is -3.93. The van der Waals surface area contributed by atoms with Crippen LogP contribution < -0.4 is 54.4 Å². The molecule has 0 fully saturated rings. The molecule has 8 nitrogen and oxygen atoms in total. The second-order valence-electron chi connectivity index (χ2n) is 6.02. The standard InChI is InChI=1S/C19H22ClN3O5S2.Na.H/c1-21-19(29)23-30(25,26)17-10-12(4-6-16(17)28-3)8-9-22-18(24)14-11-13(20)5-7-15(14)27-2;;/h4-7,10-11H,8-9H2,1-3H3,(H,22,24)(H2,21,23,29);;/q;+1;-1. The Kier molecular flexibility index (Phi) is 11.1. The van der Waals surface area contributed by atoms with Crippen LogP contribution in [0.5, 0.6) is 11.5 Å². The average Bonchev–Trinajstić information content (AvgIpc) is 2.73. The molecule has 0 atom stereocenters. The molecule has 3 N–H and O–H groups in total. The first kappa shape index (κ1) is 27.5. The number of carbonyl (C=O) groups excluding carboxylic acids is 1. The molecule has 0 aliphatic heterocycles. The second kappa shape index (κ2) is 12.5. The maximum absolute atomic E-state index is 12.6. The van der Waals surface area contributed by atoms with Crippen molar-refractivity contribution in [2.45, 2.75) is 11.3 Å². The van der Waals surface area contributed by atoms with Crippen LogP contribution in [0.15, 0.2) is 41.3 Å². The fourth-order valence-corrected chi connectivity index (χ4v) is 4.27. The van der Waals surface area contributed by atoms with Crippen molar-refractivity contribution in [2.24, 2.45) is 0 Å². The third-order valence-corrected chi connectivity index (χ3v) is 6.12. The number of thiocarbonyl (C=S) groups is 1. The number of ether oxygens (including phenoxy) is 2. The van der Waals surface area contributed by atoms with E-state index in [0.29, 0.717) is 28.3 Å². The maximum atomic E-state index is 12.6. The van der Waals surface area contributed by atoms with Crippen LogP contribution >= 0.6 is 23.8 Å². The molecule has 1 amide bonds. The molecular formula is C19H23ClN3NaO5S2. The smallest absolute Gasteiger partial charge is 1.00 e. The van der Waals surface area contributed by atoms with Crippen LogP contribution in [0.2, 0.25) is 5.02 Å². The van der Waals surface area contributed by atoms with Crippen LogP contribution in [0.3, 0.4) is 0 Å². The second-order valence-corrected chi connectivity index (χ2v) is 8.52. The molecule has 0 aromatic heterocycles. The van der Waals surface area contributed by atoms with Gasteiger partial charge >= 0.3 is 29.6 Å². The minimum absolute atomic E-state index is 0. The zero-order chi connectivity index (χ0) is 22.3. The predicted octanol–water partition coefficient (Wildman–Crippen LogP) is -0.771. The van der Waals surface area contributed by atoms with Crippen LogP contribution in [0.25, 0.3) is 0 Å². The Labute approximate surface area is 215 Å². The van der Waals surface area contributed by atoms with E-state index < -0.39 is 10.0 Å². The van der Waals surface area contributed by atoms with Crippen LogP contribution in [0.4, 0.5) is 0 Å². The predicted molar refractivity (Wildman–Crippen MR) is 120 cm³/mol. The number of hydrogen-bond donors (Lipinski definition) is 3. The van der Waals surface area contributed by atoms with E-state index in [2.05, 4.69) is 15.4 Å². The van der Waals surface area contributed by atoms with E-state index in [1.54, 1.807) is 24.3 Å². The number of halogens is 1. The summed E-state index contributed by atoms with van der Waals surface area (Å²) in [6, 6.07) is 9.51. The molecule has 0 heterocycles. The van der Waals surface area contributed by atoms with Gasteiger partial charge in [0.15, 0.2) is 5.11 Å². The number of amides is 1. The van der Waals surface area contributed by atoms with E-state index in [1.165, 1.54) is 33.4 Å². The van der Waals surface area contributed by atoms with Gasteiger partial charge in [-0.3, -0.25) is 9.52 Å². The van der Waals surface area contributed by atoms with Crippen molar-refractivity contribution in [3.63, 3.8) is 0 Å². The summed E-state index contributed by atoms with van der Waals surface area (Å²) in [7, 11) is 0.421. The molecule has 2 aromatic carbocycles. The fourth-order valence-electron chi connectivity index (χ4n) is 2.59. The molecule has 0 aliphatic carbocycles. The zero-order valence-corrected chi connectivity index (χ0v) is 22.0. The topological polar surface area (TPSA) is 106 Å². The molecule has 0 saturated heterocycles. The van der Waals surface area contributed by atoms with Crippen molar-refractivity contribution in [2.75, 3.05) is 27.8 Å². The number of hydrogen-bond acceptors (Lipinski definition) is 6. The number of nitrogens with one attached hydrogen (secondary N) is 3. The van der Waals surface area contributed by atoms with Crippen molar-refractivity contribution < 1.29 is 53.7 Å². The van der Waals surface area contributed by atoms with Crippen LogP contribution in [0, 0.1) is 0 Å². The van der Waals surface area contributed by atoms with Gasteiger partial charge in [0.1, 0.15) is 16.4 Å². The van der Waals surface area contributed by atoms with E-state index in [1.807, 2.05) is 0 Å². The Morgan fingerprint density at radius 2 is 1.77 bits per heavy atom. The largest absolute Gasteiger partial charge is 1.00 e. The first-order chi connectivity index (χ1) is 14.2. The normalized spacial score (nSPS) is 10.5. The van der Waals surface area contributed by atoms with Gasteiger partial charge in [-0.05, 0) is 54.5 Å². The summed E-state index contributed by atoms with van der Waals surface area (Å²) in [4.78, 5) is 12.4. The first-order valence-electron chi connectivity index (χ1n) is 8.75. The molecule has 2 rings (SSSR count). The Morgan fingerprint density at radius 1 is 1.13 bits per heavy atom. The van der Waals surface area contributed by atoms with Crippen molar-refractivity contribution in [3.8, 4) is 11.5 Å². The number of carbonyl (C=O) groups is 1. The maximum Gasteiger partial charge on any atom is 1.00 e. The van der Waals surface area contributed by atoms with Crippen molar-refractivity contribution in [1.82, 2.24) is 15.4 Å². The third kappa shape index (κ3) is 7.51. The number of rotatable bonds is 8. The fraction of sp³-hybridized carbons (Fsp3) is 0.263. The molecule has 0 spiro atoms. The van der Waals surface area contributed by atoms with E-state index in [9.17, 15) is 13.2 Å². The summed E-state index contributed by atoms with van der Waals surface area (Å²) < 4.78 is 37.8. The van der Waals surface area contributed by atoms with Gasteiger partial charge in [0.05, 0.1) is 19.8 Å². The molecular weight excluding hydrogens is 473 g/mol.